The fourth-order valence-corrected chi connectivity index (χ4v) is 2.25. The Labute approximate surface area is 111 Å². The lowest BCUT2D eigenvalue weighted by molar-refractivity contribution is 0.313. The van der Waals surface area contributed by atoms with Gasteiger partial charge in [-0.05, 0) is 61.4 Å². The van der Waals surface area contributed by atoms with Crippen LogP contribution in [0.4, 0.5) is 0 Å². The summed E-state index contributed by atoms with van der Waals surface area (Å²) in [4.78, 5) is 0. The van der Waals surface area contributed by atoms with Gasteiger partial charge in [-0.1, -0.05) is 19.9 Å². The molecule has 0 bridgehead atoms. The molecule has 2 nitrogen and oxygen atoms in total. The Hall–Kier alpha value is -1.02. The lowest BCUT2D eigenvalue weighted by Crippen LogP contribution is -2.23. The topological polar surface area (TPSA) is 21.3 Å². The van der Waals surface area contributed by atoms with Crippen molar-refractivity contribution in [1.82, 2.24) is 5.32 Å². The lowest BCUT2D eigenvalue weighted by atomic mass is 9.98. The van der Waals surface area contributed by atoms with E-state index in [1.165, 1.54) is 24.0 Å². The highest BCUT2D eigenvalue weighted by molar-refractivity contribution is 5.36. The third-order valence-electron chi connectivity index (χ3n) is 3.54. The predicted octanol–water partition coefficient (Wildman–Crippen LogP) is 3.50. The van der Waals surface area contributed by atoms with Crippen LogP contribution in [0.1, 0.15) is 43.7 Å². The van der Waals surface area contributed by atoms with Gasteiger partial charge in [0.25, 0.3) is 0 Å². The van der Waals surface area contributed by atoms with Gasteiger partial charge in [0.05, 0.1) is 0 Å². The van der Waals surface area contributed by atoms with Gasteiger partial charge in [0, 0.05) is 6.54 Å². The maximum atomic E-state index is 5.76. The SMILES string of the molecule is Cc1cc(OCCNCC2CC2)ccc1C(C)C. The molecule has 1 aliphatic rings. The molecule has 1 N–H and O–H groups in total. The van der Waals surface area contributed by atoms with Crippen molar-refractivity contribution in [1.29, 1.82) is 0 Å². The van der Waals surface area contributed by atoms with Crippen molar-refractivity contribution < 1.29 is 4.74 Å². The fourth-order valence-electron chi connectivity index (χ4n) is 2.25. The van der Waals surface area contributed by atoms with Gasteiger partial charge in [-0.3, -0.25) is 0 Å². The molecule has 0 aromatic heterocycles. The number of benzene rings is 1. The quantitative estimate of drug-likeness (QED) is 0.745. The second-order valence-electron chi connectivity index (χ2n) is 5.67. The number of aryl methyl sites for hydroxylation is 1. The van der Waals surface area contributed by atoms with Crippen LogP contribution in [0.5, 0.6) is 5.75 Å². The van der Waals surface area contributed by atoms with Crippen molar-refractivity contribution in [2.45, 2.75) is 39.5 Å². The molecule has 0 heterocycles. The summed E-state index contributed by atoms with van der Waals surface area (Å²) < 4.78 is 5.76. The number of hydrogen-bond acceptors (Lipinski definition) is 2. The van der Waals surface area contributed by atoms with E-state index in [1.54, 1.807) is 0 Å². The fraction of sp³-hybridized carbons (Fsp3) is 0.625. The normalized spacial score (nSPS) is 15.1. The second kappa shape index (κ2) is 6.24. The number of ether oxygens (including phenoxy) is 1. The summed E-state index contributed by atoms with van der Waals surface area (Å²) in [5.41, 5.74) is 2.74. The number of nitrogens with one attached hydrogen (secondary N) is 1. The molecule has 1 aliphatic carbocycles. The molecule has 100 valence electrons. The zero-order valence-corrected chi connectivity index (χ0v) is 11.8. The average Bonchev–Trinajstić information content (AvgIpc) is 3.12. The van der Waals surface area contributed by atoms with E-state index >= 15 is 0 Å². The van der Waals surface area contributed by atoms with Crippen LogP contribution in [0.2, 0.25) is 0 Å². The van der Waals surface area contributed by atoms with Gasteiger partial charge in [-0.15, -0.1) is 0 Å². The zero-order chi connectivity index (χ0) is 13.0. The maximum Gasteiger partial charge on any atom is 0.119 e. The molecule has 0 amide bonds. The Morgan fingerprint density at radius 3 is 2.72 bits per heavy atom. The summed E-state index contributed by atoms with van der Waals surface area (Å²) in [7, 11) is 0. The Kier molecular flexibility index (Phi) is 4.65. The molecule has 0 saturated heterocycles. The van der Waals surface area contributed by atoms with E-state index in [1.807, 2.05) is 0 Å². The van der Waals surface area contributed by atoms with Crippen LogP contribution in [-0.4, -0.2) is 19.7 Å². The molecule has 2 heteroatoms. The first-order chi connectivity index (χ1) is 8.66. The molecule has 1 aromatic rings. The van der Waals surface area contributed by atoms with Crippen molar-refractivity contribution in [3.05, 3.63) is 29.3 Å². The van der Waals surface area contributed by atoms with Gasteiger partial charge in [-0.25, -0.2) is 0 Å². The first kappa shape index (κ1) is 13.4. The molecule has 0 aliphatic heterocycles. The summed E-state index contributed by atoms with van der Waals surface area (Å²) in [6.45, 7) is 9.48. The van der Waals surface area contributed by atoms with Gasteiger partial charge in [-0.2, -0.15) is 0 Å². The Bertz CT molecular complexity index is 383. The summed E-state index contributed by atoms with van der Waals surface area (Å²) in [6.07, 6.45) is 2.81. The minimum absolute atomic E-state index is 0.583. The standard InChI is InChI=1S/C16H25NO/c1-12(2)16-7-6-15(10-13(16)3)18-9-8-17-11-14-4-5-14/h6-7,10,12,14,17H,4-5,8-9,11H2,1-3H3. The monoisotopic (exact) mass is 247 g/mol. The highest BCUT2D eigenvalue weighted by Crippen LogP contribution is 2.27. The maximum absolute atomic E-state index is 5.76. The predicted molar refractivity (Wildman–Crippen MR) is 76.4 cm³/mol. The Balaban J connectivity index is 1.73. The average molecular weight is 247 g/mol. The number of hydrogen-bond donors (Lipinski definition) is 1. The summed E-state index contributed by atoms with van der Waals surface area (Å²) in [5.74, 6) is 2.52. The zero-order valence-electron chi connectivity index (χ0n) is 11.8. The molecule has 1 fully saturated rings. The second-order valence-corrected chi connectivity index (χ2v) is 5.67. The van der Waals surface area contributed by atoms with E-state index in [-0.39, 0.29) is 0 Å². The smallest absolute Gasteiger partial charge is 0.119 e. The largest absolute Gasteiger partial charge is 0.492 e. The Morgan fingerprint density at radius 2 is 2.11 bits per heavy atom. The molecule has 2 rings (SSSR count). The van der Waals surface area contributed by atoms with Crippen molar-refractivity contribution in [3.63, 3.8) is 0 Å². The molecule has 1 saturated carbocycles. The van der Waals surface area contributed by atoms with Gasteiger partial charge < -0.3 is 10.1 Å². The van der Waals surface area contributed by atoms with Crippen LogP contribution in [0.3, 0.4) is 0 Å². The first-order valence-corrected chi connectivity index (χ1v) is 7.11. The van der Waals surface area contributed by atoms with Crippen LogP contribution in [0, 0.1) is 12.8 Å². The molecular formula is C16H25NO. The van der Waals surface area contributed by atoms with Crippen molar-refractivity contribution in [2.24, 2.45) is 5.92 Å². The molecule has 0 unspecified atom stereocenters. The van der Waals surface area contributed by atoms with E-state index in [0.717, 1.165) is 31.4 Å². The van der Waals surface area contributed by atoms with Gasteiger partial charge in [0.1, 0.15) is 12.4 Å². The third kappa shape index (κ3) is 4.02. The highest BCUT2D eigenvalue weighted by Gasteiger charge is 2.19. The third-order valence-corrected chi connectivity index (χ3v) is 3.54. The van der Waals surface area contributed by atoms with E-state index in [4.69, 9.17) is 4.74 Å². The lowest BCUT2D eigenvalue weighted by Gasteiger charge is -2.12. The molecule has 1 aromatic carbocycles. The highest BCUT2D eigenvalue weighted by atomic mass is 16.5. The number of rotatable bonds is 7. The van der Waals surface area contributed by atoms with Crippen LogP contribution >= 0.6 is 0 Å². The van der Waals surface area contributed by atoms with Crippen molar-refractivity contribution in [3.8, 4) is 5.75 Å². The van der Waals surface area contributed by atoms with Gasteiger partial charge >= 0.3 is 0 Å². The van der Waals surface area contributed by atoms with Gasteiger partial charge in [0.15, 0.2) is 0 Å². The van der Waals surface area contributed by atoms with E-state index in [0.29, 0.717) is 5.92 Å². The molecule has 0 atom stereocenters. The molecule has 0 radical (unpaired) electrons. The molecule has 18 heavy (non-hydrogen) atoms. The summed E-state index contributed by atoms with van der Waals surface area (Å²) >= 11 is 0. The van der Waals surface area contributed by atoms with Crippen LogP contribution in [-0.2, 0) is 0 Å². The molecule has 0 spiro atoms. The first-order valence-electron chi connectivity index (χ1n) is 7.11. The van der Waals surface area contributed by atoms with Gasteiger partial charge in [0.2, 0.25) is 0 Å². The van der Waals surface area contributed by atoms with E-state index in [2.05, 4.69) is 44.3 Å². The van der Waals surface area contributed by atoms with E-state index < -0.39 is 0 Å². The summed E-state index contributed by atoms with van der Waals surface area (Å²) in [6, 6.07) is 6.42. The summed E-state index contributed by atoms with van der Waals surface area (Å²) in [5, 5.41) is 3.44. The Morgan fingerprint density at radius 1 is 1.33 bits per heavy atom. The minimum atomic E-state index is 0.583. The minimum Gasteiger partial charge on any atom is -0.492 e. The van der Waals surface area contributed by atoms with Crippen molar-refractivity contribution in [2.75, 3.05) is 19.7 Å². The van der Waals surface area contributed by atoms with E-state index in [9.17, 15) is 0 Å². The van der Waals surface area contributed by atoms with Crippen LogP contribution < -0.4 is 10.1 Å². The van der Waals surface area contributed by atoms with Crippen molar-refractivity contribution >= 4 is 0 Å². The van der Waals surface area contributed by atoms with Crippen LogP contribution in [0.25, 0.3) is 0 Å². The van der Waals surface area contributed by atoms with Crippen LogP contribution in [0.15, 0.2) is 18.2 Å². The molecular weight excluding hydrogens is 222 g/mol.